The van der Waals surface area contributed by atoms with Crippen molar-refractivity contribution in [3.8, 4) is 0 Å². The second-order valence-electron chi connectivity index (χ2n) is 5.75. The maximum Gasteiger partial charge on any atom is 0.319 e. The Balaban J connectivity index is 1.57. The zero-order valence-electron chi connectivity index (χ0n) is 14.4. The fourth-order valence-corrected chi connectivity index (χ4v) is 2.72. The molecule has 0 atom stereocenters. The van der Waals surface area contributed by atoms with Gasteiger partial charge < -0.3 is 20.3 Å². The molecule has 3 rings (SSSR count). The number of aryl methyl sites for hydroxylation is 1. The molecule has 2 amide bonds. The number of amides is 2. The van der Waals surface area contributed by atoms with Crippen LogP contribution in [0.5, 0.6) is 0 Å². The van der Waals surface area contributed by atoms with Crippen LogP contribution in [0.2, 0.25) is 0 Å². The first-order valence-electron chi connectivity index (χ1n) is 8.53. The highest BCUT2D eigenvalue weighted by atomic mass is 16.5. The highest BCUT2D eigenvalue weighted by Gasteiger charge is 2.13. The van der Waals surface area contributed by atoms with Crippen LogP contribution in [-0.4, -0.2) is 42.3 Å². The molecule has 0 saturated carbocycles. The first-order chi connectivity index (χ1) is 12.3. The molecule has 1 fully saturated rings. The van der Waals surface area contributed by atoms with Gasteiger partial charge in [0.05, 0.1) is 19.8 Å². The van der Waals surface area contributed by atoms with Gasteiger partial charge in [0.25, 0.3) is 0 Å². The summed E-state index contributed by atoms with van der Waals surface area (Å²) in [5.74, 6) is 1.45. The summed E-state index contributed by atoms with van der Waals surface area (Å²) in [6.07, 6.45) is 2.58. The third-order valence-electron chi connectivity index (χ3n) is 4.08. The molecule has 0 bridgehead atoms. The molecule has 1 aromatic carbocycles. The zero-order valence-corrected chi connectivity index (χ0v) is 14.4. The van der Waals surface area contributed by atoms with E-state index >= 15 is 0 Å². The van der Waals surface area contributed by atoms with Crippen LogP contribution < -0.4 is 15.5 Å². The van der Waals surface area contributed by atoms with Crippen molar-refractivity contribution in [2.75, 3.05) is 36.5 Å². The average molecular weight is 341 g/mol. The number of carbonyl (C=O) groups is 1. The SMILES string of the molecule is CCc1ccccc1NC(=O)NCc1nccc(N2CCOCC2)n1. The smallest absolute Gasteiger partial charge is 0.319 e. The fourth-order valence-electron chi connectivity index (χ4n) is 2.72. The summed E-state index contributed by atoms with van der Waals surface area (Å²) in [6.45, 7) is 5.38. The van der Waals surface area contributed by atoms with E-state index in [0.717, 1.165) is 36.6 Å². The average Bonchev–Trinajstić information content (AvgIpc) is 2.68. The Kier molecular flexibility index (Phi) is 5.79. The van der Waals surface area contributed by atoms with Gasteiger partial charge >= 0.3 is 6.03 Å². The molecule has 0 radical (unpaired) electrons. The van der Waals surface area contributed by atoms with Crippen LogP contribution in [0.1, 0.15) is 18.3 Å². The number of nitrogens with zero attached hydrogens (tertiary/aromatic N) is 3. The third-order valence-corrected chi connectivity index (χ3v) is 4.08. The summed E-state index contributed by atoms with van der Waals surface area (Å²) in [5, 5.41) is 5.69. The first kappa shape index (κ1) is 17.2. The molecule has 1 aliphatic heterocycles. The van der Waals surface area contributed by atoms with Gasteiger partial charge in [-0.05, 0) is 24.1 Å². The molecule has 2 N–H and O–H groups in total. The number of benzene rings is 1. The second-order valence-corrected chi connectivity index (χ2v) is 5.75. The molecule has 0 unspecified atom stereocenters. The van der Waals surface area contributed by atoms with Crippen molar-refractivity contribution in [3.63, 3.8) is 0 Å². The first-order valence-corrected chi connectivity index (χ1v) is 8.53. The normalized spacial score (nSPS) is 14.2. The van der Waals surface area contributed by atoms with E-state index in [-0.39, 0.29) is 12.6 Å². The summed E-state index contributed by atoms with van der Waals surface area (Å²) < 4.78 is 5.36. The van der Waals surface area contributed by atoms with Gasteiger partial charge in [-0.3, -0.25) is 0 Å². The molecule has 2 heterocycles. The van der Waals surface area contributed by atoms with E-state index in [4.69, 9.17) is 4.74 Å². The van der Waals surface area contributed by atoms with Crippen LogP contribution in [0.3, 0.4) is 0 Å². The number of nitrogens with one attached hydrogen (secondary N) is 2. The van der Waals surface area contributed by atoms with Crippen LogP contribution >= 0.6 is 0 Å². The Bertz CT molecular complexity index is 716. The number of anilines is 2. The van der Waals surface area contributed by atoms with Crippen molar-refractivity contribution < 1.29 is 9.53 Å². The maximum absolute atomic E-state index is 12.1. The number of ether oxygens (including phenoxy) is 1. The van der Waals surface area contributed by atoms with Crippen molar-refractivity contribution in [2.24, 2.45) is 0 Å². The van der Waals surface area contributed by atoms with E-state index < -0.39 is 0 Å². The van der Waals surface area contributed by atoms with Gasteiger partial charge in [-0.15, -0.1) is 0 Å². The molecule has 25 heavy (non-hydrogen) atoms. The van der Waals surface area contributed by atoms with Crippen LogP contribution in [0, 0.1) is 0 Å². The largest absolute Gasteiger partial charge is 0.378 e. The van der Waals surface area contributed by atoms with Crippen molar-refractivity contribution in [3.05, 3.63) is 47.9 Å². The lowest BCUT2D eigenvalue weighted by Crippen LogP contribution is -2.37. The number of urea groups is 1. The van der Waals surface area contributed by atoms with Crippen LogP contribution in [0.25, 0.3) is 0 Å². The highest BCUT2D eigenvalue weighted by Crippen LogP contribution is 2.15. The van der Waals surface area contributed by atoms with E-state index in [9.17, 15) is 4.79 Å². The van der Waals surface area contributed by atoms with Crippen molar-refractivity contribution in [1.82, 2.24) is 15.3 Å². The number of hydrogen-bond acceptors (Lipinski definition) is 5. The number of rotatable bonds is 5. The van der Waals surface area contributed by atoms with Gasteiger partial charge in [0.15, 0.2) is 0 Å². The summed E-state index contributed by atoms with van der Waals surface area (Å²) >= 11 is 0. The standard InChI is InChI=1S/C18H23N5O2/c1-2-14-5-3-4-6-15(14)21-18(24)20-13-16-19-8-7-17(22-16)23-9-11-25-12-10-23/h3-8H,2,9-13H2,1H3,(H2,20,21,24). The summed E-state index contributed by atoms with van der Waals surface area (Å²) in [5.41, 5.74) is 1.92. The van der Waals surface area contributed by atoms with Gasteiger partial charge in [-0.25, -0.2) is 14.8 Å². The summed E-state index contributed by atoms with van der Waals surface area (Å²) in [6, 6.07) is 9.39. The number of hydrogen-bond donors (Lipinski definition) is 2. The Morgan fingerprint density at radius 2 is 2.04 bits per heavy atom. The lowest BCUT2D eigenvalue weighted by atomic mass is 10.1. The minimum absolute atomic E-state index is 0.263. The molecule has 7 heteroatoms. The van der Waals surface area contributed by atoms with E-state index in [1.807, 2.05) is 30.3 Å². The van der Waals surface area contributed by atoms with E-state index in [2.05, 4.69) is 32.4 Å². The van der Waals surface area contributed by atoms with Gasteiger partial charge in [0.2, 0.25) is 0 Å². The molecular weight excluding hydrogens is 318 g/mol. The predicted molar refractivity (Wildman–Crippen MR) is 96.7 cm³/mol. The third kappa shape index (κ3) is 4.67. The predicted octanol–water partition coefficient (Wildman–Crippen LogP) is 2.20. The Hall–Kier alpha value is -2.67. The molecule has 1 aliphatic rings. The monoisotopic (exact) mass is 341 g/mol. The molecular formula is C18H23N5O2. The number of aromatic nitrogens is 2. The van der Waals surface area contributed by atoms with Gasteiger partial charge in [0, 0.05) is 25.0 Å². The molecule has 2 aromatic rings. The van der Waals surface area contributed by atoms with Gasteiger partial charge in [-0.2, -0.15) is 0 Å². The molecule has 132 valence electrons. The van der Waals surface area contributed by atoms with Crippen molar-refractivity contribution >= 4 is 17.5 Å². The van der Waals surface area contributed by atoms with E-state index in [1.54, 1.807) is 6.20 Å². The highest BCUT2D eigenvalue weighted by molar-refractivity contribution is 5.90. The summed E-state index contributed by atoms with van der Waals surface area (Å²) in [7, 11) is 0. The maximum atomic E-state index is 12.1. The lowest BCUT2D eigenvalue weighted by molar-refractivity contribution is 0.122. The molecule has 0 spiro atoms. The van der Waals surface area contributed by atoms with Crippen molar-refractivity contribution in [2.45, 2.75) is 19.9 Å². The Morgan fingerprint density at radius 1 is 1.24 bits per heavy atom. The van der Waals surface area contributed by atoms with Crippen LogP contribution in [0.4, 0.5) is 16.3 Å². The van der Waals surface area contributed by atoms with E-state index in [0.29, 0.717) is 19.0 Å². The molecule has 1 saturated heterocycles. The minimum Gasteiger partial charge on any atom is -0.378 e. The fraction of sp³-hybridized carbons (Fsp3) is 0.389. The van der Waals surface area contributed by atoms with Gasteiger partial charge in [0.1, 0.15) is 11.6 Å². The van der Waals surface area contributed by atoms with Gasteiger partial charge in [-0.1, -0.05) is 25.1 Å². The topological polar surface area (TPSA) is 79.4 Å². The lowest BCUT2D eigenvalue weighted by Gasteiger charge is -2.27. The Labute approximate surface area is 147 Å². The van der Waals surface area contributed by atoms with Crippen LogP contribution in [0.15, 0.2) is 36.5 Å². The number of carbonyl (C=O) groups excluding carboxylic acids is 1. The molecule has 0 aliphatic carbocycles. The quantitative estimate of drug-likeness (QED) is 0.871. The van der Waals surface area contributed by atoms with E-state index in [1.165, 1.54) is 0 Å². The van der Waals surface area contributed by atoms with Crippen LogP contribution in [-0.2, 0) is 17.7 Å². The number of para-hydroxylation sites is 1. The van der Waals surface area contributed by atoms with Crippen molar-refractivity contribution in [1.29, 1.82) is 0 Å². The summed E-state index contributed by atoms with van der Waals surface area (Å²) in [4.78, 5) is 23.1. The Morgan fingerprint density at radius 3 is 2.84 bits per heavy atom. The second kappa shape index (κ2) is 8.43. The molecule has 7 nitrogen and oxygen atoms in total. The minimum atomic E-state index is -0.263. The molecule has 1 aromatic heterocycles. The number of morpholine rings is 1. The zero-order chi connectivity index (χ0) is 17.5.